The number of nitrogens with two attached hydrogens (primary N) is 1. The average Bonchev–Trinajstić information content (AvgIpc) is 2.22. The molecule has 0 spiro atoms. The van der Waals surface area contributed by atoms with Gasteiger partial charge in [-0.3, -0.25) is 0 Å². The van der Waals surface area contributed by atoms with Crippen LogP contribution in [0, 0.1) is 11.6 Å². The quantitative estimate of drug-likeness (QED) is 0.806. The molecule has 0 saturated heterocycles. The van der Waals surface area contributed by atoms with Gasteiger partial charge in [0.05, 0.1) is 0 Å². The van der Waals surface area contributed by atoms with E-state index >= 15 is 0 Å². The molecule has 15 heavy (non-hydrogen) atoms. The highest BCUT2D eigenvalue weighted by molar-refractivity contribution is 5.25. The monoisotopic (exact) mass is 215 g/mol. The minimum atomic E-state index is -1.47. The van der Waals surface area contributed by atoms with E-state index in [1.807, 2.05) is 6.92 Å². The highest BCUT2D eigenvalue weighted by Gasteiger charge is 2.29. The lowest BCUT2D eigenvalue weighted by Gasteiger charge is -2.27. The molecule has 0 amide bonds. The molecule has 1 aromatic carbocycles. The lowest BCUT2D eigenvalue weighted by molar-refractivity contribution is 0.0320. The zero-order chi connectivity index (χ0) is 11.5. The molecule has 0 radical (unpaired) electrons. The molecule has 0 aliphatic rings. The van der Waals surface area contributed by atoms with Gasteiger partial charge in [0, 0.05) is 12.1 Å². The van der Waals surface area contributed by atoms with Gasteiger partial charge in [0.1, 0.15) is 17.2 Å². The molecule has 84 valence electrons. The average molecular weight is 215 g/mol. The topological polar surface area (TPSA) is 46.2 Å². The molecule has 4 heteroatoms. The van der Waals surface area contributed by atoms with Crippen molar-refractivity contribution in [2.75, 3.05) is 6.54 Å². The first-order chi connectivity index (χ1) is 7.03. The lowest BCUT2D eigenvalue weighted by atomic mass is 9.89. The maximum absolute atomic E-state index is 13.4. The van der Waals surface area contributed by atoms with Gasteiger partial charge in [0.15, 0.2) is 0 Å². The third-order valence-corrected chi connectivity index (χ3v) is 2.43. The first-order valence-corrected chi connectivity index (χ1v) is 4.91. The Balaban J connectivity index is 3.16. The Bertz CT molecular complexity index is 343. The number of aliphatic hydroxyl groups is 1. The molecule has 1 aromatic rings. The third kappa shape index (κ3) is 2.52. The normalized spacial score (nSPS) is 15.0. The fourth-order valence-electron chi connectivity index (χ4n) is 1.61. The maximum atomic E-state index is 13.4. The Labute approximate surface area is 87.7 Å². The predicted octanol–water partition coefficient (Wildman–Crippen LogP) is 1.91. The number of halogens is 2. The number of rotatable bonds is 4. The van der Waals surface area contributed by atoms with Gasteiger partial charge in [-0.05, 0) is 24.6 Å². The number of hydrogen-bond donors (Lipinski definition) is 2. The first kappa shape index (κ1) is 12.1. The minimum Gasteiger partial charge on any atom is -0.384 e. The second-order valence-electron chi connectivity index (χ2n) is 3.61. The van der Waals surface area contributed by atoms with Crippen LogP contribution in [0.5, 0.6) is 0 Å². The second-order valence-corrected chi connectivity index (χ2v) is 3.61. The fraction of sp³-hybridized carbons (Fsp3) is 0.455. The van der Waals surface area contributed by atoms with E-state index in [2.05, 4.69) is 0 Å². The summed E-state index contributed by atoms with van der Waals surface area (Å²) in [5.74, 6) is -1.20. The first-order valence-electron chi connectivity index (χ1n) is 4.91. The van der Waals surface area contributed by atoms with Crippen LogP contribution in [-0.2, 0) is 5.60 Å². The Morgan fingerprint density at radius 3 is 2.60 bits per heavy atom. The van der Waals surface area contributed by atoms with Crippen molar-refractivity contribution in [1.82, 2.24) is 0 Å². The van der Waals surface area contributed by atoms with Gasteiger partial charge in [0.25, 0.3) is 0 Å². The summed E-state index contributed by atoms with van der Waals surface area (Å²) in [6.07, 6.45) is 0.952. The van der Waals surface area contributed by atoms with E-state index in [1.165, 1.54) is 0 Å². The fourth-order valence-corrected chi connectivity index (χ4v) is 1.61. The Hall–Kier alpha value is -1.00. The molecule has 1 unspecified atom stereocenters. The van der Waals surface area contributed by atoms with E-state index < -0.39 is 17.2 Å². The minimum absolute atomic E-state index is 0.0631. The SMILES string of the molecule is CCCC(O)(CN)c1cc(F)ccc1F. The van der Waals surface area contributed by atoms with Gasteiger partial charge in [-0.1, -0.05) is 13.3 Å². The van der Waals surface area contributed by atoms with E-state index in [4.69, 9.17) is 5.73 Å². The molecule has 0 fully saturated rings. The van der Waals surface area contributed by atoms with Crippen molar-refractivity contribution in [3.63, 3.8) is 0 Å². The third-order valence-electron chi connectivity index (χ3n) is 2.43. The summed E-state index contributed by atoms with van der Waals surface area (Å²) >= 11 is 0. The molecule has 2 nitrogen and oxygen atoms in total. The summed E-state index contributed by atoms with van der Waals surface area (Å²) in [4.78, 5) is 0. The van der Waals surface area contributed by atoms with Crippen molar-refractivity contribution < 1.29 is 13.9 Å². The van der Waals surface area contributed by atoms with Crippen LogP contribution >= 0.6 is 0 Å². The van der Waals surface area contributed by atoms with Crippen LogP contribution in [-0.4, -0.2) is 11.7 Å². The Morgan fingerprint density at radius 1 is 1.40 bits per heavy atom. The van der Waals surface area contributed by atoms with Crippen LogP contribution in [0.4, 0.5) is 8.78 Å². The van der Waals surface area contributed by atoms with Crippen LogP contribution < -0.4 is 5.73 Å². The smallest absolute Gasteiger partial charge is 0.129 e. The zero-order valence-electron chi connectivity index (χ0n) is 8.63. The van der Waals surface area contributed by atoms with Gasteiger partial charge in [-0.25, -0.2) is 8.78 Å². The largest absolute Gasteiger partial charge is 0.384 e. The van der Waals surface area contributed by atoms with Crippen LogP contribution in [0.2, 0.25) is 0 Å². The van der Waals surface area contributed by atoms with E-state index in [9.17, 15) is 13.9 Å². The Kier molecular flexibility index (Phi) is 3.77. The molecule has 0 bridgehead atoms. The molecular weight excluding hydrogens is 200 g/mol. The summed E-state index contributed by atoms with van der Waals surface area (Å²) in [5, 5.41) is 10.1. The Morgan fingerprint density at radius 2 is 2.07 bits per heavy atom. The van der Waals surface area contributed by atoms with Gasteiger partial charge in [-0.2, -0.15) is 0 Å². The van der Waals surface area contributed by atoms with Gasteiger partial charge in [-0.15, -0.1) is 0 Å². The molecule has 3 N–H and O–H groups in total. The van der Waals surface area contributed by atoms with Crippen molar-refractivity contribution in [3.05, 3.63) is 35.4 Å². The zero-order valence-corrected chi connectivity index (χ0v) is 8.63. The molecule has 1 atom stereocenters. The van der Waals surface area contributed by atoms with Gasteiger partial charge >= 0.3 is 0 Å². The van der Waals surface area contributed by atoms with Crippen LogP contribution in [0.1, 0.15) is 25.3 Å². The van der Waals surface area contributed by atoms with Crippen molar-refractivity contribution in [3.8, 4) is 0 Å². The molecule has 1 rings (SSSR count). The lowest BCUT2D eigenvalue weighted by Crippen LogP contribution is -2.35. The molecule has 0 heterocycles. The van der Waals surface area contributed by atoms with Crippen LogP contribution in [0.25, 0.3) is 0 Å². The summed E-state index contributed by atoms with van der Waals surface area (Å²) in [7, 11) is 0. The summed E-state index contributed by atoms with van der Waals surface area (Å²) in [6, 6.07) is 3.01. The van der Waals surface area contributed by atoms with E-state index in [0.29, 0.717) is 12.8 Å². The van der Waals surface area contributed by atoms with Crippen LogP contribution in [0.15, 0.2) is 18.2 Å². The molecule has 0 aliphatic carbocycles. The highest BCUT2D eigenvalue weighted by atomic mass is 19.1. The highest BCUT2D eigenvalue weighted by Crippen LogP contribution is 2.28. The van der Waals surface area contributed by atoms with Crippen molar-refractivity contribution >= 4 is 0 Å². The van der Waals surface area contributed by atoms with Gasteiger partial charge in [0.2, 0.25) is 0 Å². The molecule has 0 aromatic heterocycles. The standard InChI is InChI=1S/C11H15F2NO/c1-2-5-11(15,7-14)9-6-8(12)3-4-10(9)13/h3-4,6,15H,2,5,7,14H2,1H3. The molecule has 0 aliphatic heterocycles. The molecular formula is C11H15F2NO. The van der Waals surface area contributed by atoms with Crippen molar-refractivity contribution in [1.29, 1.82) is 0 Å². The van der Waals surface area contributed by atoms with E-state index in [-0.39, 0.29) is 12.1 Å². The second kappa shape index (κ2) is 4.68. The molecule has 0 saturated carbocycles. The van der Waals surface area contributed by atoms with Crippen molar-refractivity contribution in [2.45, 2.75) is 25.4 Å². The van der Waals surface area contributed by atoms with Gasteiger partial charge < -0.3 is 10.8 Å². The summed E-state index contributed by atoms with van der Waals surface area (Å²) in [6.45, 7) is 1.72. The number of hydrogen-bond acceptors (Lipinski definition) is 2. The van der Waals surface area contributed by atoms with Crippen molar-refractivity contribution in [2.24, 2.45) is 5.73 Å². The predicted molar refractivity (Wildman–Crippen MR) is 54.2 cm³/mol. The maximum Gasteiger partial charge on any atom is 0.129 e. The van der Waals surface area contributed by atoms with E-state index in [1.54, 1.807) is 0 Å². The summed E-state index contributed by atoms with van der Waals surface area (Å²) < 4.78 is 26.3. The van der Waals surface area contributed by atoms with Crippen LogP contribution in [0.3, 0.4) is 0 Å². The summed E-state index contributed by atoms with van der Waals surface area (Å²) in [5.41, 5.74) is 3.87. The number of benzene rings is 1. The van der Waals surface area contributed by atoms with E-state index in [0.717, 1.165) is 18.2 Å².